The number of benzene rings is 9. The fourth-order valence-electron chi connectivity index (χ4n) is 7.77. The van der Waals surface area contributed by atoms with Gasteiger partial charge in [-0.2, -0.15) is 0 Å². The Kier molecular flexibility index (Phi) is 7.81. The molecule has 0 atom stereocenters. The molecule has 9 aromatic carbocycles. The standard InChI is InChI=1S/C51H33N3/c1-4-16-34(17-5-1)41-30-31-42(48-46-29-13-11-27-44(46)43-26-10-12-28-45(43)47(41)48)39-24-14-22-37(32-39)38-23-15-25-40(33-38)51-53-49(35-18-6-2-7-19-35)52-50(54-51)36-20-8-3-9-21-36/h1-33H. The molecule has 0 aliphatic heterocycles. The average Bonchev–Trinajstić information content (AvgIpc) is 3.27. The summed E-state index contributed by atoms with van der Waals surface area (Å²) in [4.78, 5) is 14.9. The number of rotatable bonds is 6. The molecule has 1 heterocycles. The molecule has 252 valence electrons. The number of nitrogens with zero attached hydrogens (tertiary/aromatic N) is 3. The lowest BCUT2D eigenvalue weighted by Gasteiger charge is -2.18. The van der Waals surface area contributed by atoms with Gasteiger partial charge in [0, 0.05) is 16.7 Å². The fourth-order valence-corrected chi connectivity index (χ4v) is 7.77. The molecule has 3 heteroatoms. The van der Waals surface area contributed by atoms with E-state index in [1.165, 1.54) is 54.6 Å². The highest BCUT2D eigenvalue weighted by molar-refractivity contribution is 6.31. The Labute approximate surface area is 313 Å². The zero-order valence-electron chi connectivity index (χ0n) is 29.4. The van der Waals surface area contributed by atoms with E-state index >= 15 is 0 Å². The second kappa shape index (κ2) is 13.4. The van der Waals surface area contributed by atoms with Crippen molar-refractivity contribution in [3.63, 3.8) is 0 Å². The molecule has 0 fully saturated rings. The third-order valence-electron chi connectivity index (χ3n) is 10.3. The summed E-state index contributed by atoms with van der Waals surface area (Å²) in [5.74, 6) is 1.94. The number of hydrogen-bond acceptors (Lipinski definition) is 3. The molecule has 0 saturated carbocycles. The Balaban J connectivity index is 1.14. The monoisotopic (exact) mass is 687 g/mol. The first-order chi connectivity index (χ1) is 26.8. The van der Waals surface area contributed by atoms with Gasteiger partial charge in [0.2, 0.25) is 0 Å². The third kappa shape index (κ3) is 5.60. The van der Waals surface area contributed by atoms with Crippen LogP contribution in [0.4, 0.5) is 0 Å². The van der Waals surface area contributed by atoms with Crippen LogP contribution in [0.1, 0.15) is 0 Å². The van der Waals surface area contributed by atoms with Gasteiger partial charge in [-0.1, -0.05) is 188 Å². The number of hydrogen-bond donors (Lipinski definition) is 0. The fraction of sp³-hybridized carbons (Fsp3) is 0. The minimum absolute atomic E-state index is 0.640. The van der Waals surface area contributed by atoms with Crippen LogP contribution >= 0.6 is 0 Å². The lowest BCUT2D eigenvalue weighted by Crippen LogP contribution is -2.00. The van der Waals surface area contributed by atoms with Crippen LogP contribution in [0.15, 0.2) is 200 Å². The maximum atomic E-state index is 5.00. The summed E-state index contributed by atoms with van der Waals surface area (Å²) in [5, 5.41) is 7.59. The molecule has 1 aromatic heterocycles. The van der Waals surface area contributed by atoms with Crippen LogP contribution in [0.2, 0.25) is 0 Å². The molecule has 0 amide bonds. The van der Waals surface area contributed by atoms with E-state index in [9.17, 15) is 0 Å². The van der Waals surface area contributed by atoms with Crippen LogP contribution in [-0.2, 0) is 0 Å². The molecule has 10 rings (SSSR count). The largest absolute Gasteiger partial charge is 0.208 e. The molecule has 10 aromatic rings. The van der Waals surface area contributed by atoms with Crippen molar-refractivity contribution in [2.75, 3.05) is 0 Å². The van der Waals surface area contributed by atoms with E-state index in [2.05, 4.69) is 140 Å². The van der Waals surface area contributed by atoms with Crippen LogP contribution in [0.25, 0.3) is 99.9 Å². The molecule has 0 unspecified atom stereocenters. The van der Waals surface area contributed by atoms with Crippen LogP contribution in [0, 0.1) is 0 Å². The zero-order chi connectivity index (χ0) is 35.8. The summed E-state index contributed by atoms with van der Waals surface area (Å²) in [6, 6.07) is 70.7. The molecule has 54 heavy (non-hydrogen) atoms. The van der Waals surface area contributed by atoms with Crippen LogP contribution in [0.3, 0.4) is 0 Å². The molecular formula is C51H33N3. The first-order valence-electron chi connectivity index (χ1n) is 18.3. The van der Waals surface area contributed by atoms with Crippen molar-refractivity contribution < 1.29 is 0 Å². The SMILES string of the molecule is c1ccc(-c2nc(-c3ccccc3)nc(-c3cccc(-c4cccc(-c5ccc(-c6ccccc6)c6c7ccccc7c7ccccc7c56)c4)c3)n2)cc1. The highest BCUT2D eigenvalue weighted by atomic mass is 15.0. The smallest absolute Gasteiger partial charge is 0.164 e. The van der Waals surface area contributed by atoms with Crippen LogP contribution in [-0.4, -0.2) is 15.0 Å². The van der Waals surface area contributed by atoms with Crippen LogP contribution in [0.5, 0.6) is 0 Å². The van der Waals surface area contributed by atoms with Crippen molar-refractivity contribution in [2.24, 2.45) is 0 Å². The molecule has 0 saturated heterocycles. The van der Waals surface area contributed by atoms with Gasteiger partial charge in [-0.25, -0.2) is 15.0 Å². The van der Waals surface area contributed by atoms with Crippen molar-refractivity contribution in [2.45, 2.75) is 0 Å². The van der Waals surface area contributed by atoms with E-state index in [0.717, 1.165) is 27.8 Å². The van der Waals surface area contributed by atoms with Crippen molar-refractivity contribution in [3.05, 3.63) is 200 Å². The van der Waals surface area contributed by atoms with Gasteiger partial charge in [0.05, 0.1) is 0 Å². The maximum absolute atomic E-state index is 5.00. The molecule has 0 N–H and O–H groups in total. The summed E-state index contributed by atoms with van der Waals surface area (Å²) in [7, 11) is 0. The maximum Gasteiger partial charge on any atom is 0.164 e. The summed E-state index contributed by atoms with van der Waals surface area (Å²) < 4.78 is 0. The van der Waals surface area contributed by atoms with Gasteiger partial charge in [0.25, 0.3) is 0 Å². The van der Waals surface area contributed by atoms with Gasteiger partial charge in [-0.15, -0.1) is 0 Å². The van der Waals surface area contributed by atoms with E-state index in [1.807, 2.05) is 60.7 Å². The van der Waals surface area contributed by atoms with E-state index in [4.69, 9.17) is 15.0 Å². The Hall–Kier alpha value is -7.23. The predicted octanol–water partition coefficient (Wildman–Crippen LogP) is 13.3. The van der Waals surface area contributed by atoms with Crippen molar-refractivity contribution in [1.29, 1.82) is 0 Å². The van der Waals surface area contributed by atoms with Crippen molar-refractivity contribution in [1.82, 2.24) is 15.0 Å². The normalized spacial score (nSPS) is 11.3. The summed E-state index contributed by atoms with van der Waals surface area (Å²) in [6.45, 7) is 0. The lowest BCUT2D eigenvalue weighted by molar-refractivity contribution is 1.07. The Morgan fingerprint density at radius 1 is 0.222 bits per heavy atom. The highest BCUT2D eigenvalue weighted by Gasteiger charge is 2.18. The molecule has 0 spiro atoms. The first kappa shape index (κ1) is 31.5. The second-order valence-electron chi connectivity index (χ2n) is 13.6. The Bertz CT molecular complexity index is 2920. The Morgan fingerprint density at radius 2 is 0.556 bits per heavy atom. The summed E-state index contributed by atoms with van der Waals surface area (Å²) in [5.41, 5.74) is 9.89. The Morgan fingerprint density at radius 3 is 1.06 bits per heavy atom. The average molecular weight is 688 g/mol. The lowest BCUT2D eigenvalue weighted by atomic mass is 9.85. The van der Waals surface area contributed by atoms with E-state index in [0.29, 0.717) is 17.5 Å². The highest BCUT2D eigenvalue weighted by Crippen LogP contribution is 2.45. The van der Waals surface area contributed by atoms with Gasteiger partial charge in [-0.05, 0) is 77.8 Å². The van der Waals surface area contributed by atoms with Gasteiger partial charge < -0.3 is 0 Å². The summed E-state index contributed by atoms with van der Waals surface area (Å²) in [6.07, 6.45) is 0. The molecule has 3 nitrogen and oxygen atoms in total. The van der Waals surface area contributed by atoms with Crippen molar-refractivity contribution >= 4 is 32.3 Å². The van der Waals surface area contributed by atoms with E-state index in [-0.39, 0.29) is 0 Å². The number of aromatic nitrogens is 3. The number of fused-ring (bicyclic) bond motifs is 6. The van der Waals surface area contributed by atoms with Gasteiger partial charge in [0.15, 0.2) is 17.5 Å². The molecule has 0 bridgehead atoms. The van der Waals surface area contributed by atoms with Crippen molar-refractivity contribution in [3.8, 4) is 67.5 Å². The minimum Gasteiger partial charge on any atom is -0.208 e. The van der Waals surface area contributed by atoms with E-state index < -0.39 is 0 Å². The molecule has 0 aliphatic carbocycles. The van der Waals surface area contributed by atoms with Crippen LogP contribution < -0.4 is 0 Å². The molecule has 0 aliphatic rings. The minimum atomic E-state index is 0.640. The molecule has 0 radical (unpaired) electrons. The predicted molar refractivity (Wildman–Crippen MR) is 225 cm³/mol. The quantitative estimate of drug-likeness (QED) is 0.163. The third-order valence-corrected chi connectivity index (χ3v) is 10.3. The zero-order valence-corrected chi connectivity index (χ0v) is 29.4. The van der Waals surface area contributed by atoms with Gasteiger partial charge in [0.1, 0.15) is 0 Å². The second-order valence-corrected chi connectivity index (χ2v) is 13.6. The summed E-state index contributed by atoms with van der Waals surface area (Å²) >= 11 is 0. The first-order valence-corrected chi connectivity index (χ1v) is 18.3. The van der Waals surface area contributed by atoms with E-state index in [1.54, 1.807) is 0 Å². The van der Waals surface area contributed by atoms with Gasteiger partial charge >= 0.3 is 0 Å². The van der Waals surface area contributed by atoms with Gasteiger partial charge in [-0.3, -0.25) is 0 Å². The topological polar surface area (TPSA) is 38.7 Å². The molecular weight excluding hydrogens is 655 g/mol.